The van der Waals surface area contributed by atoms with E-state index in [1.807, 2.05) is 6.92 Å². The summed E-state index contributed by atoms with van der Waals surface area (Å²) in [6.07, 6.45) is 2.24. The molecule has 0 spiro atoms. The average Bonchev–Trinajstić information content (AvgIpc) is 2.05. The molecule has 0 aromatic heterocycles. The molecule has 0 heterocycles. The van der Waals surface area contributed by atoms with Gasteiger partial charge in [-0.15, -0.1) is 0 Å². The number of rotatable bonds is 6. The quantitative estimate of drug-likeness (QED) is 0.379. The molecule has 0 radical (unpaired) electrons. The average molecular weight is 187 g/mol. The van der Waals surface area contributed by atoms with Gasteiger partial charge in [-0.05, 0) is 6.42 Å². The molecular formula is C8H17N3O2. The lowest BCUT2D eigenvalue weighted by atomic mass is 10.0. The van der Waals surface area contributed by atoms with E-state index >= 15 is 0 Å². The van der Waals surface area contributed by atoms with Gasteiger partial charge in [-0.3, -0.25) is 9.59 Å². The van der Waals surface area contributed by atoms with Crippen LogP contribution in [0.2, 0.25) is 0 Å². The predicted octanol–water partition coefficient (Wildman–Crippen LogP) is -0.689. The van der Waals surface area contributed by atoms with Crippen LogP contribution in [0, 0.1) is 5.92 Å². The zero-order chi connectivity index (χ0) is 10.3. The number of nitrogens with two attached hydrogens (primary N) is 2. The van der Waals surface area contributed by atoms with Gasteiger partial charge in [0.2, 0.25) is 11.8 Å². The fourth-order valence-electron chi connectivity index (χ4n) is 1.03. The van der Waals surface area contributed by atoms with Gasteiger partial charge in [-0.25, -0.2) is 0 Å². The lowest BCUT2D eigenvalue weighted by Crippen LogP contribution is -2.40. The standard InChI is InChI=1S/C8H17N3O2/c1-2-3-4-6(7(10)12)8(13)11-5-9/h6H,2-5,9H2,1H3,(H2,10,12)(H,11,13). The fourth-order valence-corrected chi connectivity index (χ4v) is 1.03. The molecule has 76 valence electrons. The van der Waals surface area contributed by atoms with Crippen molar-refractivity contribution in [2.24, 2.45) is 17.4 Å². The van der Waals surface area contributed by atoms with E-state index in [1.165, 1.54) is 0 Å². The van der Waals surface area contributed by atoms with Gasteiger partial charge in [0.15, 0.2) is 0 Å². The smallest absolute Gasteiger partial charge is 0.233 e. The summed E-state index contributed by atoms with van der Waals surface area (Å²) in [6, 6.07) is 0. The second kappa shape index (κ2) is 6.42. The lowest BCUT2D eigenvalue weighted by molar-refractivity contribution is -0.133. The normalized spacial score (nSPS) is 12.2. The molecule has 0 aliphatic carbocycles. The van der Waals surface area contributed by atoms with Crippen molar-refractivity contribution in [3.8, 4) is 0 Å². The largest absolute Gasteiger partial charge is 0.369 e. The molecular weight excluding hydrogens is 170 g/mol. The van der Waals surface area contributed by atoms with Crippen LogP contribution in [0.5, 0.6) is 0 Å². The van der Waals surface area contributed by atoms with E-state index in [0.717, 1.165) is 12.8 Å². The maximum absolute atomic E-state index is 11.2. The van der Waals surface area contributed by atoms with E-state index in [9.17, 15) is 9.59 Å². The van der Waals surface area contributed by atoms with Crippen LogP contribution in [-0.4, -0.2) is 18.5 Å². The maximum atomic E-state index is 11.2. The van der Waals surface area contributed by atoms with Gasteiger partial charge in [-0.2, -0.15) is 0 Å². The summed E-state index contributed by atoms with van der Waals surface area (Å²) in [5, 5.41) is 2.37. The van der Waals surface area contributed by atoms with Crippen LogP contribution in [-0.2, 0) is 9.59 Å². The Hall–Kier alpha value is -1.10. The molecule has 0 aliphatic rings. The molecule has 5 N–H and O–H groups in total. The Morgan fingerprint density at radius 3 is 2.46 bits per heavy atom. The first-order chi connectivity index (χ1) is 6.13. The third-order valence-corrected chi connectivity index (χ3v) is 1.78. The Morgan fingerprint density at radius 2 is 2.08 bits per heavy atom. The SMILES string of the molecule is CCCCC(C(N)=O)C(=O)NCN. The molecule has 0 rings (SSSR count). The molecule has 0 bridgehead atoms. The molecule has 0 aromatic carbocycles. The minimum atomic E-state index is -0.733. The summed E-state index contributed by atoms with van der Waals surface area (Å²) >= 11 is 0. The number of hydrogen-bond acceptors (Lipinski definition) is 3. The predicted molar refractivity (Wildman–Crippen MR) is 49.4 cm³/mol. The fraction of sp³-hybridized carbons (Fsp3) is 0.750. The first-order valence-electron chi connectivity index (χ1n) is 4.40. The van der Waals surface area contributed by atoms with Gasteiger partial charge in [0.05, 0.1) is 6.67 Å². The van der Waals surface area contributed by atoms with Crippen molar-refractivity contribution in [2.45, 2.75) is 26.2 Å². The summed E-state index contributed by atoms with van der Waals surface area (Å²) in [5.74, 6) is -1.69. The number of nitrogens with one attached hydrogen (secondary N) is 1. The van der Waals surface area contributed by atoms with Crippen molar-refractivity contribution in [3.05, 3.63) is 0 Å². The second-order valence-electron chi connectivity index (χ2n) is 2.84. The molecule has 0 saturated heterocycles. The van der Waals surface area contributed by atoms with Crippen molar-refractivity contribution >= 4 is 11.8 Å². The Labute approximate surface area is 77.8 Å². The summed E-state index contributed by atoms with van der Waals surface area (Å²) in [5.41, 5.74) is 10.2. The van der Waals surface area contributed by atoms with Crippen LogP contribution in [0.4, 0.5) is 0 Å². The lowest BCUT2D eigenvalue weighted by Gasteiger charge is -2.11. The Kier molecular flexibility index (Phi) is 5.88. The first-order valence-corrected chi connectivity index (χ1v) is 4.40. The van der Waals surface area contributed by atoms with E-state index < -0.39 is 11.8 Å². The van der Waals surface area contributed by atoms with Crippen LogP contribution >= 0.6 is 0 Å². The van der Waals surface area contributed by atoms with Crippen LogP contribution in [0.1, 0.15) is 26.2 Å². The zero-order valence-corrected chi connectivity index (χ0v) is 7.88. The zero-order valence-electron chi connectivity index (χ0n) is 7.88. The molecule has 0 aliphatic heterocycles. The highest BCUT2D eigenvalue weighted by Gasteiger charge is 2.22. The van der Waals surface area contributed by atoms with E-state index in [4.69, 9.17) is 11.5 Å². The number of unbranched alkanes of at least 4 members (excludes halogenated alkanes) is 1. The van der Waals surface area contributed by atoms with Gasteiger partial charge in [0, 0.05) is 0 Å². The molecule has 0 aromatic rings. The number of amides is 2. The summed E-state index contributed by atoms with van der Waals surface area (Å²) < 4.78 is 0. The van der Waals surface area contributed by atoms with E-state index in [2.05, 4.69) is 5.32 Å². The highest BCUT2D eigenvalue weighted by atomic mass is 16.2. The summed E-state index contributed by atoms with van der Waals surface area (Å²) in [7, 11) is 0. The molecule has 2 amide bonds. The van der Waals surface area contributed by atoms with Gasteiger partial charge in [-0.1, -0.05) is 19.8 Å². The molecule has 5 heteroatoms. The topological polar surface area (TPSA) is 98.2 Å². The number of hydrogen-bond donors (Lipinski definition) is 3. The summed E-state index contributed by atoms with van der Waals surface area (Å²) in [6.45, 7) is 2.02. The molecule has 1 atom stereocenters. The van der Waals surface area contributed by atoms with Gasteiger partial charge >= 0.3 is 0 Å². The Bertz CT molecular complexity index is 182. The monoisotopic (exact) mass is 187 g/mol. The number of primary amides is 1. The number of carbonyl (C=O) groups excluding carboxylic acids is 2. The van der Waals surface area contributed by atoms with Crippen molar-refractivity contribution < 1.29 is 9.59 Å². The third-order valence-electron chi connectivity index (χ3n) is 1.78. The van der Waals surface area contributed by atoms with Crippen LogP contribution in [0.15, 0.2) is 0 Å². The van der Waals surface area contributed by atoms with Crippen LogP contribution in [0.3, 0.4) is 0 Å². The summed E-state index contributed by atoms with van der Waals surface area (Å²) in [4.78, 5) is 22.0. The van der Waals surface area contributed by atoms with Crippen LogP contribution < -0.4 is 16.8 Å². The molecule has 0 fully saturated rings. The van der Waals surface area contributed by atoms with Crippen molar-refractivity contribution in [3.63, 3.8) is 0 Å². The van der Waals surface area contributed by atoms with E-state index in [1.54, 1.807) is 0 Å². The van der Waals surface area contributed by atoms with E-state index in [-0.39, 0.29) is 12.6 Å². The van der Waals surface area contributed by atoms with Crippen molar-refractivity contribution in [1.82, 2.24) is 5.32 Å². The minimum Gasteiger partial charge on any atom is -0.369 e. The van der Waals surface area contributed by atoms with Crippen LogP contribution in [0.25, 0.3) is 0 Å². The molecule has 1 unspecified atom stereocenters. The van der Waals surface area contributed by atoms with Gasteiger partial charge in [0.25, 0.3) is 0 Å². The van der Waals surface area contributed by atoms with Crippen molar-refractivity contribution in [2.75, 3.05) is 6.67 Å². The molecule has 0 saturated carbocycles. The highest BCUT2D eigenvalue weighted by Crippen LogP contribution is 2.07. The Balaban J connectivity index is 4.07. The third kappa shape index (κ3) is 4.47. The van der Waals surface area contributed by atoms with Gasteiger partial charge in [0.1, 0.15) is 5.92 Å². The minimum absolute atomic E-state index is 0.0364. The maximum Gasteiger partial charge on any atom is 0.233 e. The van der Waals surface area contributed by atoms with Crippen molar-refractivity contribution in [1.29, 1.82) is 0 Å². The first kappa shape index (κ1) is 11.9. The highest BCUT2D eigenvalue weighted by molar-refractivity contribution is 5.99. The van der Waals surface area contributed by atoms with E-state index in [0.29, 0.717) is 6.42 Å². The second-order valence-corrected chi connectivity index (χ2v) is 2.84. The molecule has 5 nitrogen and oxygen atoms in total. The Morgan fingerprint density at radius 1 is 1.46 bits per heavy atom. The number of carbonyl (C=O) groups is 2. The van der Waals surface area contributed by atoms with Gasteiger partial charge < -0.3 is 16.8 Å². The molecule has 13 heavy (non-hydrogen) atoms.